The van der Waals surface area contributed by atoms with Gasteiger partial charge in [0, 0.05) is 6.07 Å². The second-order valence-electron chi connectivity index (χ2n) is 3.40. The number of hydrogen-bond acceptors (Lipinski definition) is 4. The third-order valence-corrected chi connectivity index (χ3v) is 2.03. The number of rotatable bonds is 7. The Labute approximate surface area is 107 Å². The van der Waals surface area contributed by atoms with Crippen molar-refractivity contribution in [1.82, 2.24) is 5.32 Å². The van der Waals surface area contributed by atoms with E-state index in [9.17, 15) is 4.79 Å². The number of ether oxygens (including phenoxy) is 3. The molecule has 0 aromatic heterocycles. The summed E-state index contributed by atoms with van der Waals surface area (Å²) in [5.41, 5.74) is 0. The van der Waals surface area contributed by atoms with Crippen LogP contribution in [0.15, 0.2) is 24.3 Å². The van der Waals surface area contributed by atoms with Crippen LogP contribution in [-0.4, -0.2) is 32.5 Å². The maximum atomic E-state index is 11.0. The Morgan fingerprint density at radius 2 is 1.89 bits per heavy atom. The fraction of sp³-hybridized carbons (Fsp3) is 0.462. The number of hydrogen-bond donors (Lipinski definition) is 1. The minimum absolute atomic E-state index is 0.364. The molecule has 0 aliphatic rings. The molecule has 100 valence electrons. The normalized spacial score (nSPS) is 9.67. The van der Waals surface area contributed by atoms with Gasteiger partial charge >= 0.3 is 6.09 Å². The Hall–Kier alpha value is -1.91. The van der Waals surface area contributed by atoms with E-state index in [1.54, 1.807) is 6.92 Å². The average molecular weight is 253 g/mol. The molecule has 1 amide bonds. The van der Waals surface area contributed by atoms with Crippen molar-refractivity contribution in [2.24, 2.45) is 0 Å². The molecule has 1 rings (SSSR count). The van der Waals surface area contributed by atoms with E-state index in [-0.39, 0.29) is 0 Å². The Bertz CT molecular complexity index is 368. The van der Waals surface area contributed by atoms with E-state index in [4.69, 9.17) is 14.2 Å². The van der Waals surface area contributed by atoms with E-state index >= 15 is 0 Å². The first kappa shape index (κ1) is 14.2. The van der Waals surface area contributed by atoms with Crippen LogP contribution in [0.1, 0.15) is 13.8 Å². The minimum Gasteiger partial charge on any atom is -0.494 e. The van der Waals surface area contributed by atoms with Crippen LogP contribution in [0.2, 0.25) is 0 Å². The van der Waals surface area contributed by atoms with Crippen molar-refractivity contribution in [1.29, 1.82) is 0 Å². The van der Waals surface area contributed by atoms with Crippen molar-refractivity contribution in [2.75, 3.05) is 26.4 Å². The molecule has 0 bridgehead atoms. The van der Waals surface area contributed by atoms with Gasteiger partial charge in [-0.25, -0.2) is 4.79 Å². The summed E-state index contributed by atoms with van der Waals surface area (Å²) in [6.07, 6.45) is -0.427. The summed E-state index contributed by atoms with van der Waals surface area (Å²) in [7, 11) is 0. The summed E-state index contributed by atoms with van der Waals surface area (Å²) < 4.78 is 15.5. The summed E-state index contributed by atoms with van der Waals surface area (Å²) in [5.74, 6) is 1.49. The molecule has 0 atom stereocenters. The van der Waals surface area contributed by atoms with Crippen LogP contribution in [-0.2, 0) is 4.74 Å². The molecule has 5 heteroatoms. The van der Waals surface area contributed by atoms with Crippen molar-refractivity contribution < 1.29 is 19.0 Å². The molecule has 0 aliphatic carbocycles. The molecule has 1 N–H and O–H groups in total. The maximum absolute atomic E-state index is 11.0. The van der Waals surface area contributed by atoms with Crippen molar-refractivity contribution in [2.45, 2.75) is 13.8 Å². The lowest BCUT2D eigenvalue weighted by molar-refractivity contribution is 0.150. The fourth-order valence-electron chi connectivity index (χ4n) is 1.32. The van der Waals surface area contributed by atoms with Crippen molar-refractivity contribution in [3.05, 3.63) is 24.3 Å². The Morgan fingerprint density at radius 3 is 2.56 bits per heavy atom. The standard InChI is InChI=1S/C13H19NO4/c1-3-16-11-6-5-7-12(10-11)18-9-8-14-13(15)17-4-2/h5-7,10H,3-4,8-9H2,1-2H3,(H,14,15). The van der Waals surface area contributed by atoms with Gasteiger partial charge in [0.05, 0.1) is 19.8 Å². The van der Waals surface area contributed by atoms with Gasteiger partial charge < -0.3 is 19.5 Å². The van der Waals surface area contributed by atoms with Crippen LogP contribution in [0.5, 0.6) is 11.5 Å². The summed E-state index contributed by atoms with van der Waals surface area (Å²) in [4.78, 5) is 11.0. The average Bonchev–Trinajstić information content (AvgIpc) is 2.36. The monoisotopic (exact) mass is 253 g/mol. The van der Waals surface area contributed by atoms with Crippen molar-refractivity contribution in [3.8, 4) is 11.5 Å². The molecule has 0 aliphatic heterocycles. The first-order valence-electron chi connectivity index (χ1n) is 6.02. The minimum atomic E-state index is -0.427. The Kier molecular flexibility index (Phi) is 6.46. The van der Waals surface area contributed by atoms with Crippen molar-refractivity contribution in [3.63, 3.8) is 0 Å². The summed E-state index contributed by atoms with van der Waals surface area (Å²) in [5, 5.41) is 2.58. The van der Waals surface area contributed by atoms with Gasteiger partial charge in [-0.1, -0.05) is 6.07 Å². The molecule has 5 nitrogen and oxygen atoms in total. The highest BCUT2D eigenvalue weighted by molar-refractivity contribution is 5.66. The molecule has 0 fully saturated rings. The van der Waals surface area contributed by atoms with Gasteiger partial charge in [0.15, 0.2) is 0 Å². The maximum Gasteiger partial charge on any atom is 0.407 e. The molecule has 0 saturated heterocycles. The first-order chi connectivity index (χ1) is 8.76. The number of amides is 1. The van der Waals surface area contributed by atoms with E-state index in [2.05, 4.69) is 5.32 Å². The molecule has 0 unspecified atom stereocenters. The van der Waals surface area contributed by atoms with E-state index in [0.717, 1.165) is 5.75 Å². The topological polar surface area (TPSA) is 56.8 Å². The lowest BCUT2D eigenvalue weighted by Gasteiger charge is -2.09. The van der Waals surface area contributed by atoms with Gasteiger partial charge in [0.2, 0.25) is 0 Å². The zero-order chi connectivity index (χ0) is 13.2. The van der Waals surface area contributed by atoms with E-state index in [1.165, 1.54) is 0 Å². The van der Waals surface area contributed by atoms with Crippen molar-refractivity contribution >= 4 is 6.09 Å². The largest absolute Gasteiger partial charge is 0.494 e. The van der Waals surface area contributed by atoms with Gasteiger partial charge in [-0.3, -0.25) is 0 Å². The molecule has 1 aromatic rings. The number of nitrogens with one attached hydrogen (secondary N) is 1. The second kappa shape index (κ2) is 8.22. The van der Waals surface area contributed by atoms with E-state index in [0.29, 0.717) is 32.1 Å². The number of carbonyl (C=O) groups is 1. The van der Waals surface area contributed by atoms with Crippen LogP contribution in [0, 0.1) is 0 Å². The summed E-state index contributed by atoms with van der Waals surface area (Å²) in [6.45, 7) is 5.45. The fourth-order valence-corrected chi connectivity index (χ4v) is 1.32. The van der Waals surface area contributed by atoms with Crippen LogP contribution >= 0.6 is 0 Å². The Balaban J connectivity index is 2.26. The van der Waals surface area contributed by atoms with Crippen LogP contribution in [0.4, 0.5) is 4.79 Å². The highest BCUT2D eigenvalue weighted by Gasteiger charge is 2.00. The highest BCUT2D eigenvalue weighted by atomic mass is 16.5. The van der Waals surface area contributed by atoms with E-state index in [1.807, 2.05) is 31.2 Å². The Morgan fingerprint density at radius 1 is 1.17 bits per heavy atom. The van der Waals surface area contributed by atoms with E-state index < -0.39 is 6.09 Å². The molecule has 0 radical (unpaired) electrons. The second-order valence-corrected chi connectivity index (χ2v) is 3.40. The highest BCUT2D eigenvalue weighted by Crippen LogP contribution is 2.18. The SMILES string of the molecule is CCOC(=O)NCCOc1cccc(OCC)c1. The summed E-state index contributed by atoms with van der Waals surface area (Å²) in [6, 6.07) is 7.38. The van der Waals surface area contributed by atoms with Gasteiger partial charge in [-0.2, -0.15) is 0 Å². The molecule has 18 heavy (non-hydrogen) atoms. The summed E-state index contributed by atoms with van der Waals surface area (Å²) >= 11 is 0. The van der Waals surface area contributed by atoms with Crippen LogP contribution in [0.25, 0.3) is 0 Å². The third-order valence-electron chi connectivity index (χ3n) is 2.03. The molecular formula is C13H19NO4. The molecule has 1 aromatic carbocycles. The van der Waals surface area contributed by atoms with Crippen LogP contribution < -0.4 is 14.8 Å². The zero-order valence-corrected chi connectivity index (χ0v) is 10.8. The van der Waals surface area contributed by atoms with Gasteiger partial charge in [-0.15, -0.1) is 0 Å². The number of carbonyl (C=O) groups excluding carboxylic acids is 1. The number of benzene rings is 1. The predicted octanol–water partition coefficient (Wildman–Crippen LogP) is 2.21. The molecule has 0 saturated carbocycles. The predicted molar refractivity (Wildman–Crippen MR) is 68.1 cm³/mol. The van der Waals surface area contributed by atoms with Gasteiger partial charge in [-0.05, 0) is 26.0 Å². The number of alkyl carbamates (subject to hydrolysis) is 1. The smallest absolute Gasteiger partial charge is 0.407 e. The zero-order valence-electron chi connectivity index (χ0n) is 10.8. The van der Waals surface area contributed by atoms with Gasteiger partial charge in [0.1, 0.15) is 18.1 Å². The molecule has 0 heterocycles. The van der Waals surface area contributed by atoms with Crippen LogP contribution in [0.3, 0.4) is 0 Å². The quantitative estimate of drug-likeness (QED) is 0.757. The third kappa shape index (κ3) is 5.43. The molecular weight excluding hydrogens is 234 g/mol. The lowest BCUT2D eigenvalue weighted by atomic mass is 10.3. The van der Waals surface area contributed by atoms with Gasteiger partial charge in [0.25, 0.3) is 0 Å². The first-order valence-corrected chi connectivity index (χ1v) is 6.02. The molecule has 0 spiro atoms. The lowest BCUT2D eigenvalue weighted by Crippen LogP contribution is -2.28.